The van der Waals surface area contributed by atoms with Crippen molar-refractivity contribution in [3.05, 3.63) is 59.7 Å². The van der Waals surface area contributed by atoms with Crippen LogP contribution in [0.25, 0.3) is 0 Å². The van der Waals surface area contributed by atoms with Crippen molar-refractivity contribution in [2.75, 3.05) is 7.11 Å². The Morgan fingerprint density at radius 3 is 1.72 bits per heavy atom. The summed E-state index contributed by atoms with van der Waals surface area (Å²) in [6.07, 6.45) is 0.806. The molecule has 0 aliphatic carbocycles. The highest BCUT2D eigenvalue weighted by molar-refractivity contribution is 5.97. The number of piperazine rings is 1. The molecule has 1 saturated heterocycles. The molecule has 1 fully saturated rings. The molecule has 2 atom stereocenters. The van der Waals surface area contributed by atoms with Gasteiger partial charge in [-0.05, 0) is 35.4 Å². The van der Waals surface area contributed by atoms with E-state index < -0.39 is 12.1 Å². The molecule has 1 aliphatic rings. The van der Waals surface area contributed by atoms with Crippen LogP contribution in [0.4, 0.5) is 0 Å². The van der Waals surface area contributed by atoms with E-state index in [-0.39, 0.29) is 17.6 Å². The van der Waals surface area contributed by atoms with Gasteiger partial charge in [-0.1, -0.05) is 24.3 Å². The highest BCUT2D eigenvalue weighted by Crippen LogP contribution is 2.15. The maximum absolute atomic E-state index is 12.3. The standard InChI is InChI=1S/C19H20N2O4/c1-25-15-8-4-13(5-9-15)11-17-19(24)20-16(18(23)21-17)10-12-2-6-14(22)7-3-12/h2-9,16-17,22H,10-11H2,1H3,(H,20,24)(H,21,23)/t16-,17-/m0/s1. The number of benzene rings is 2. The summed E-state index contributed by atoms with van der Waals surface area (Å²) in [6.45, 7) is 0. The van der Waals surface area contributed by atoms with Crippen LogP contribution in [0.1, 0.15) is 11.1 Å². The molecule has 2 aromatic carbocycles. The molecule has 0 spiro atoms. The van der Waals surface area contributed by atoms with Crippen LogP contribution in [0.3, 0.4) is 0 Å². The first-order valence-electron chi connectivity index (χ1n) is 8.07. The number of phenolic OH excluding ortho intramolecular Hbond substituents is 1. The number of methoxy groups -OCH3 is 1. The number of nitrogens with one attached hydrogen (secondary N) is 2. The molecule has 25 heavy (non-hydrogen) atoms. The fraction of sp³-hybridized carbons (Fsp3) is 0.263. The van der Waals surface area contributed by atoms with Crippen LogP contribution in [-0.4, -0.2) is 36.1 Å². The summed E-state index contributed by atoms with van der Waals surface area (Å²) in [5.41, 5.74) is 1.81. The van der Waals surface area contributed by atoms with Crippen molar-refractivity contribution in [2.45, 2.75) is 24.9 Å². The van der Waals surface area contributed by atoms with E-state index in [0.717, 1.165) is 16.9 Å². The van der Waals surface area contributed by atoms with E-state index in [2.05, 4.69) is 10.6 Å². The van der Waals surface area contributed by atoms with Gasteiger partial charge in [-0.2, -0.15) is 0 Å². The average Bonchev–Trinajstić information content (AvgIpc) is 2.62. The topological polar surface area (TPSA) is 87.7 Å². The number of ether oxygens (including phenoxy) is 1. The van der Waals surface area contributed by atoms with Crippen LogP contribution in [0.2, 0.25) is 0 Å². The fourth-order valence-electron chi connectivity index (χ4n) is 2.83. The van der Waals surface area contributed by atoms with Gasteiger partial charge in [-0.15, -0.1) is 0 Å². The Morgan fingerprint density at radius 2 is 1.28 bits per heavy atom. The summed E-state index contributed by atoms with van der Waals surface area (Å²) in [6, 6.07) is 12.8. The van der Waals surface area contributed by atoms with E-state index in [0.29, 0.717) is 12.8 Å². The normalized spacial score (nSPS) is 19.9. The molecule has 0 radical (unpaired) electrons. The zero-order valence-corrected chi connectivity index (χ0v) is 13.9. The highest BCUT2D eigenvalue weighted by atomic mass is 16.5. The minimum absolute atomic E-state index is 0.167. The highest BCUT2D eigenvalue weighted by Gasteiger charge is 2.33. The maximum Gasteiger partial charge on any atom is 0.243 e. The molecule has 6 heteroatoms. The van der Waals surface area contributed by atoms with Gasteiger partial charge in [0.1, 0.15) is 23.6 Å². The summed E-state index contributed by atoms with van der Waals surface area (Å²) in [5.74, 6) is 0.515. The summed E-state index contributed by atoms with van der Waals surface area (Å²) >= 11 is 0. The first-order chi connectivity index (χ1) is 12.0. The number of hydrogen-bond donors (Lipinski definition) is 3. The van der Waals surface area contributed by atoms with Gasteiger partial charge in [0.05, 0.1) is 7.11 Å². The van der Waals surface area contributed by atoms with Gasteiger partial charge in [0.25, 0.3) is 0 Å². The second-order valence-electron chi connectivity index (χ2n) is 6.05. The van der Waals surface area contributed by atoms with Gasteiger partial charge in [0, 0.05) is 12.8 Å². The molecule has 0 aromatic heterocycles. The van der Waals surface area contributed by atoms with Crippen LogP contribution >= 0.6 is 0 Å². The SMILES string of the molecule is COc1ccc(C[C@@H]2NC(=O)[C@H](Cc3ccc(O)cc3)NC2=O)cc1. The molecule has 3 rings (SSSR count). The average molecular weight is 340 g/mol. The van der Waals surface area contributed by atoms with E-state index in [9.17, 15) is 14.7 Å². The molecular formula is C19H20N2O4. The van der Waals surface area contributed by atoms with Crippen molar-refractivity contribution in [3.63, 3.8) is 0 Å². The van der Waals surface area contributed by atoms with Crippen molar-refractivity contribution < 1.29 is 19.4 Å². The van der Waals surface area contributed by atoms with Crippen molar-refractivity contribution >= 4 is 11.8 Å². The van der Waals surface area contributed by atoms with E-state index in [1.807, 2.05) is 24.3 Å². The summed E-state index contributed by atoms with van der Waals surface area (Å²) in [5, 5.41) is 14.9. The predicted molar refractivity (Wildman–Crippen MR) is 92.4 cm³/mol. The number of rotatable bonds is 5. The van der Waals surface area contributed by atoms with Crippen LogP contribution < -0.4 is 15.4 Å². The van der Waals surface area contributed by atoms with E-state index in [4.69, 9.17) is 4.74 Å². The molecule has 0 saturated carbocycles. The minimum atomic E-state index is -0.607. The van der Waals surface area contributed by atoms with E-state index in [1.54, 1.807) is 31.4 Å². The molecule has 1 aliphatic heterocycles. The number of aromatic hydroxyl groups is 1. The Bertz CT molecular complexity index is 756. The Labute approximate surface area is 145 Å². The Kier molecular flexibility index (Phi) is 4.88. The summed E-state index contributed by atoms with van der Waals surface area (Å²) < 4.78 is 5.11. The number of carbonyl (C=O) groups is 2. The van der Waals surface area contributed by atoms with Gasteiger partial charge in [-0.3, -0.25) is 9.59 Å². The molecule has 3 N–H and O–H groups in total. The molecule has 0 bridgehead atoms. The van der Waals surface area contributed by atoms with Crippen molar-refractivity contribution in [3.8, 4) is 11.5 Å². The summed E-state index contributed by atoms with van der Waals surface area (Å²) in [7, 11) is 1.60. The molecule has 2 aromatic rings. The molecule has 130 valence electrons. The lowest BCUT2D eigenvalue weighted by molar-refractivity contribution is -0.136. The van der Waals surface area contributed by atoms with Crippen LogP contribution in [0, 0.1) is 0 Å². The zero-order chi connectivity index (χ0) is 17.8. The number of amides is 2. The van der Waals surface area contributed by atoms with Gasteiger partial charge < -0.3 is 20.5 Å². The van der Waals surface area contributed by atoms with Crippen LogP contribution in [-0.2, 0) is 22.4 Å². The third-order valence-electron chi connectivity index (χ3n) is 4.24. The fourth-order valence-corrected chi connectivity index (χ4v) is 2.83. The smallest absolute Gasteiger partial charge is 0.243 e. The number of phenols is 1. The minimum Gasteiger partial charge on any atom is -0.508 e. The molecule has 6 nitrogen and oxygen atoms in total. The van der Waals surface area contributed by atoms with Crippen molar-refractivity contribution in [1.29, 1.82) is 0 Å². The third kappa shape index (κ3) is 4.09. The molecule has 1 heterocycles. The lowest BCUT2D eigenvalue weighted by atomic mass is 9.98. The first-order valence-corrected chi connectivity index (χ1v) is 8.07. The van der Waals surface area contributed by atoms with Gasteiger partial charge >= 0.3 is 0 Å². The molecule has 2 amide bonds. The van der Waals surface area contributed by atoms with Gasteiger partial charge in [0.15, 0.2) is 0 Å². The third-order valence-corrected chi connectivity index (χ3v) is 4.24. The number of hydrogen-bond acceptors (Lipinski definition) is 4. The van der Waals surface area contributed by atoms with Crippen LogP contribution in [0.5, 0.6) is 11.5 Å². The Balaban J connectivity index is 1.62. The molecular weight excluding hydrogens is 320 g/mol. The second kappa shape index (κ2) is 7.25. The predicted octanol–water partition coefficient (Wildman–Crippen LogP) is 1.17. The molecule has 0 unspecified atom stereocenters. The van der Waals surface area contributed by atoms with Crippen molar-refractivity contribution in [1.82, 2.24) is 10.6 Å². The van der Waals surface area contributed by atoms with E-state index >= 15 is 0 Å². The Hall–Kier alpha value is -3.02. The zero-order valence-electron chi connectivity index (χ0n) is 13.9. The Morgan fingerprint density at radius 1 is 0.840 bits per heavy atom. The van der Waals surface area contributed by atoms with E-state index in [1.165, 1.54) is 0 Å². The second-order valence-corrected chi connectivity index (χ2v) is 6.05. The quantitative estimate of drug-likeness (QED) is 0.762. The lowest BCUT2D eigenvalue weighted by Gasteiger charge is -2.29. The van der Waals surface area contributed by atoms with Crippen molar-refractivity contribution in [2.24, 2.45) is 0 Å². The monoisotopic (exact) mass is 340 g/mol. The maximum atomic E-state index is 12.3. The largest absolute Gasteiger partial charge is 0.508 e. The number of carbonyl (C=O) groups excluding carboxylic acids is 2. The van der Waals surface area contributed by atoms with Crippen LogP contribution in [0.15, 0.2) is 48.5 Å². The van der Waals surface area contributed by atoms with Gasteiger partial charge in [-0.25, -0.2) is 0 Å². The summed E-state index contributed by atoms with van der Waals surface area (Å²) in [4.78, 5) is 24.6. The first kappa shape index (κ1) is 16.8. The lowest BCUT2D eigenvalue weighted by Crippen LogP contribution is -2.62. The van der Waals surface area contributed by atoms with Gasteiger partial charge in [0.2, 0.25) is 11.8 Å².